The Morgan fingerprint density at radius 1 is 1.38 bits per heavy atom. The summed E-state index contributed by atoms with van der Waals surface area (Å²) in [5, 5.41) is 11.2. The van der Waals surface area contributed by atoms with Crippen molar-refractivity contribution in [1.29, 1.82) is 0 Å². The lowest BCUT2D eigenvalue weighted by atomic mass is 9.97. The first-order valence-electron chi connectivity index (χ1n) is 8.58. The molecule has 1 saturated heterocycles. The lowest BCUT2D eigenvalue weighted by Crippen LogP contribution is -2.33. The minimum atomic E-state index is -2.91. The number of sulfone groups is 1. The van der Waals surface area contributed by atoms with Crippen LogP contribution in [0.5, 0.6) is 0 Å². The minimum absolute atomic E-state index is 0.0352. The Morgan fingerprint density at radius 3 is 2.96 bits per heavy atom. The SMILES string of the molecule is CN(c1cnnc(NCCC2=CCCCC2)n1)C1CCS(=O)(=O)C1. The molecule has 1 aliphatic carbocycles. The number of hydrogen-bond donors (Lipinski definition) is 1. The molecule has 7 nitrogen and oxygen atoms in total. The molecule has 0 amide bonds. The molecule has 1 aromatic heterocycles. The van der Waals surface area contributed by atoms with E-state index >= 15 is 0 Å². The Kier molecular flexibility index (Phi) is 5.33. The molecule has 1 fully saturated rings. The van der Waals surface area contributed by atoms with E-state index in [9.17, 15) is 8.42 Å². The molecule has 2 aliphatic rings. The van der Waals surface area contributed by atoms with E-state index in [2.05, 4.69) is 26.6 Å². The van der Waals surface area contributed by atoms with Crippen molar-refractivity contribution in [2.45, 2.75) is 44.6 Å². The van der Waals surface area contributed by atoms with E-state index in [0.29, 0.717) is 18.2 Å². The van der Waals surface area contributed by atoms with E-state index in [4.69, 9.17) is 0 Å². The Morgan fingerprint density at radius 2 is 2.25 bits per heavy atom. The van der Waals surface area contributed by atoms with Crippen LogP contribution in [0.3, 0.4) is 0 Å². The van der Waals surface area contributed by atoms with Gasteiger partial charge in [0, 0.05) is 19.6 Å². The van der Waals surface area contributed by atoms with Crippen LogP contribution in [0, 0.1) is 0 Å². The fraction of sp³-hybridized carbons (Fsp3) is 0.688. The average Bonchev–Trinajstić information content (AvgIpc) is 2.95. The summed E-state index contributed by atoms with van der Waals surface area (Å²) in [6.45, 7) is 0.790. The van der Waals surface area contributed by atoms with E-state index in [1.54, 1.807) is 6.20 Å². The standard InChI is InChI=1S/C16H25N5O2S/c1-21(14-8-10-24(22,23)12-14)15-11-18-20-16(19-15)17-9-7-13-5-3-2-4-6-13/h5,11,14H,2-4,6-10,12H2,1H3,(H,17,19,20). The second-order valence-electron chi connectivity index (χ2n) is 6.59. The third-order valence-electron chi connectivity index (χ3n) is 4.78. The lowest BCUT2D eigenvalue weighted by molar-refractivity contribution is 0.600. The zero-order chi connectivity index (χ0) is 17.0. The summed E-state index contributed by atoms with van der Waals surface area (Å²) < 4.78 is 23.3. The van der Waals surface area contributed by atoms with Crippen LogP contribution < -0.4 is 10.2 Å². The molecule has 1 N–H and O–H groups in total. The Labute approximate surface area is 143 Å². The smallest absolute Gasteiger partial charge is 0.244 e. The predicted molar refractivity (Wildman–Crippen MR) is 94.9 cm³/mol. The van der Waals surface area contributed by atoms with Gasteiger partial charge in [0.25, 0.3) is 0 Å². The van der Waals surface area contributed by atoms with Crippen molar-refractivity contribution in [2.75, 3.05) is 35.3 Å². The normalized spacial score (nSPS) is 22.9. The van der Waals surface area contributed by atoms with Gasteiger partial charge in [0.1, 0.15) is 0 Å². The van der Waals surface area contributed by atoms with Crippen LogP contribution in [-0.4, -0.2) is 54.7 Å². The molecule has 1 atom stereocenters. The maximum absolute atomic E-state index is 11.6. The molecular formula is C16H25N5O2S. The molecular weight excluding hydrogens is 326 g/mol. The Balaban J connectivity index is 1.56. The highest BCUT2D eigenvalue weighted by Crippen LogP contribution is 2.22. The number of nitrogens with one attached hydrogen (secondary N) is 1. The number of hydrogen-bond acceptors (Lipinski definition) is 7. The van der Waals surface area contributed by atoms with E-state index in [1.807, 2.05) is 11.9 Å². The van der Waals surface area contributed by atoms with Gasteiger partial charge in [0.15, 0.2) is 15.7 Å². The van der Waals surface area contributed by atoms with Crippen molar-refractivity contribution in [3.63, 3.8) is 0 Å². The van der Waals surface area contributed by atoms with Gasteiger partial charge >= 0.3 is 0 Å². The van der Waals surface area contributed by atoms with Gasteiger partial charge in [-0.05, 0) is 38.5 Å². The van der Waals surface area contributed by atoms with Crippen LogP contribution in [0.25, 0.3) is 0 Å². The van der Waals surface area contributed by atoms with Gasteiger partial charge in [-0.2, -0.15) is 10.1 Å². The fourth-order valence-electron chi connectivity index (χ4n) is 3.27. The van der Waals surface area contributed by atoms with Gasteiger partial charge < -0.3 is 10.2 Å². The van der Waals surface area contributed by atoms with Gasteiger partial charge in [-0.1, -0.05) is 11.6 Å². The van der Waals surface area contributed by atoms with E-state index in [-0.39, 0.29) is 17.5 Å². The van der Waals surface area contributed by atoms with Crippen LogP contribution in [-0.2, 0) is 9.84 Å². The molecule has 8 heteroatoms. The first-order chi connectivity index (χ1) is 11.5. The van der Waals surface area contributed by atoms with Gasteiger partial charge in [0.05, 0.1) is 17.7 Å². The number of rotatable bonds is 6. The average molecular weight is 351 g/mol. The molecule has 0 bridgehead atoms. The molecule has 0 radical (unpaired) electrons. The Hall–Kier alpha value is -1.70. The first-order valence-corrected chi connectivity index (χ1v) is 10.4. The maximum atomic E-state index is 11.6. The van der Waals surface area contributed by atoms with Crippen LogP contribution >= 0.6 is 0 Å². The molecule has 0 saturated carbocycles. The summed E-state index contributed by atoms with van der Waals surface area (Å²) in [4.78, 5) is 6.37. The molecule has 1 aliphatic heterocycles. The van der Waals surface area contributed by atoms with E-state index in [0.717, 1.165) is 13.0 Å². The largest absolute Gasteiger partial charge is 0.354 e. The molecule has 0 aromatic carbocycles. The predicted octanol–water partition coefficient (Wildman–Crippen LogP) is 1.80. The molecule has 24 heavy (non-hydrogen) atoms. The Bertz CT molecular complexity index is 704. The second-order valence-corrected chi connectivity index (χ2v) is 8.82. The van der Waals surface area contributed by atoms with Crippen molar-refractivity contribution in [2.24, 2.45) is 0 Å². The molecule has 0 spiro atoms. The van der Waals surface area contributed by atoms with E-state index < -0.39 is 9.84 Å². The summed E-state index contributed by atoms with van der Waals surface area (Å²) >= 11 is 0. The quantitative estimate of drug-likeness (QED) is 0.782. The number of aromatic nitrogens is 3. The minimum Gasteiger partial charge on any atom is -0.354 e. The van der Waals surface area contributed by atoms with Gasteiger partial charge in [0.2, 0.25) is 5.95 Å². The van der Waals surface area contributed by atoms with Crippen molar-refractivity contribution in [3.8, 4) is 0 Å². The van der Waals surface area contributed by atoms with Gasteiger partial charge in [-0.25, -0.2) is 8.42 Å². The zero-order valence-electron chi connectivity index (χ0n) is 14.1. The van der Waals surface area contributed by atoms with Crippen molar-refractivity contribution < 1.29 is 8.42 Å². The van der Waals surface area contributed by atoms with Gasteiger partial charge in [-0.3, -0.25) is 0 Å². The van der Waals surface area contributed by atoms with Crippen LogP contribution in [0.15, 0.2) is 17.8 Å². The summed E-state index contributed by atoms with van der Waals surface area (Å²) in [5.74, 6) is 1.59. The van der Waals surface area contributed by atoms with Crippen molar-refractivity contribution >= 4 is 21.6 Å². The highest BCUT2D eigenvalue weighted by molar-refractivity contribution is 7.91. The lowest BCUT2D eigenvalue weighted by Gasteiger charge is -2.24. The molecule has 2 heterocycles. The third-order valence-corrected chi connectivity index (χ3v) is 6.53. The summed E-state index contributed by atoms with van der Waals surface area (Å²) in [6.07, 6.45) is 10.5. The number of nitrogens with zero attached hydrogens (tertiary/aromatic N) is 4. The summed E-state index contributed by atoms with van der Waals surface area (Å²) in [7, 11) is -1.05. The molecule has 3 rings (SSSR count). The van der Waals surface area contributed by atoms with Crippen LogP contribution in [0.2, 0.25) is 0 Å². The second kappa shape index (κ2) is 7.46. The van der Waals surface area contributed by atoms with E-state index in [1.165, 1.54) is 31.3 Å². The zero-order valence-corrected chi connectivity index (χ0v) is 14.9. The number of allylic oxidation sites excluding steroid dienone is 1. The summed E-state index contributed by atoms with van der Waals surface area (Å²) in [5.41, 5.74) is 1.51. The molecule has 132 valence electrons. The van der Waals surface area contributed by atoms with Crippen molar-refractivity contribution in [3.05, 3.63) is 17.8 Å². The van der Waals surface area contributed by atoms with Crippen LogP contribution in [0.4, 0.5) is 11.8 Å². The topological polar surface area (TPSA) is 88.1 Å². The summed E-state index contributed by atoms with van der Waals surface area (Å²) in [6, 6.07) is -0.0352. The molecule has 1 aromatic rings. The number of anilines is 2. The van der Waals surface area contributed by atoms with Crippen molar-refractivity contribution in [1.82, 2.24) is 15.2 Å². The van der Waals surface area contributed by atoms with Gasteiger partial charge in [-0.15, -0.1) is 5.10 Å². The monoisotopic (exact) mass is 351 g/mol. The fourth-order valence-corrected chi connectivity index (χ4v) is 5.05. The van der Waals surface area contributed by atoms with Crippen LogP contribution in [0.1, 0.15) is 38.5 Å². The maximum Gasteiger partial charge on any atom is 0.244 e. The third kappa shape index (κ3) is 4.43. The first kappa shape index (κ1) is 17.1. The molecule has 1 unspecified atom stereocenters. The highest BCUT2D eigenvalue weighted by atomic mass is 32.2. The highest BCUT2D eigenvalue weighted by Gasteiger charge is 2.31.